The van der Waals surface area contributed by atoms with Crippen molar-refractivity contribution in [3.05, 3.63) is 23.9 Å². The van der Waals surface area contributed by atoms with Gasteiger partial charge in [-0.05, 0) is 38.2 Å². The van der Waals surface area contributed by atoms with Crippen LogP contribution in [-0.4, -0.2) is 30.6 Å². The predicted octanol–water partition coefficient (Wildman–Crippen LogP) is 3.49. The number of halogens is 1. The summed E-state index contributed by atoms with van der Waals surface area (Å²) >= 11 is 0. The van der Waals surface area contributed by atoms with Crippen LogP contribution in [0.2, 0.25) is 0 Å². The number of hydrogen-bond acceptors (Lipinski definition) is 3. The summed E-state index contributed by atoms with van der Waals surface area (Å²) in [5, 5.41) is 6.64. The highest BCUT2D eigenvalue weighted by molar-refractivity contribution is 14.0. The highest BCUT2D eigenvalue weighted by Gasteiger charge is 2.18. The Balaban J connectivity index is 0.00000264. The molecule has 1 aromatic rings. The Kier molecular flexibility index (Phi) is 9.98. The molecule has 23 heavy (non-hydrogen) atoms. The number of nitrogens with zero attached hydrogens (tertiary/aromatic N) is 2. The molecule has 5 nitrogen and oxygen atoms in total. The van der Waals surface area contributed by atoms with Gasteiger partial charge in [0.2, 0.25) is 5.88 Å². The molecule has 0 spiro atoms. The maximum atomic E-state index is 6.06. The number of pyridine rings is 1. The molecule has 0 aliphatic heterocycles. The van der Waals surface area contributed by atoms with E-state index in [4.69, 9.17) is 4.74 Å². The maximum absolute atomic E-state index is 6.06. The minimum atomic E-state index is 0. The maximum Gasteiger partial charge on any atom is 0.218 e. The zero-order chi connectivity index (χ0) is 15.6. The van der Waals surface area contributed by atoms with Crippen molar-refractivity contribution in [1.82, 2.24) is 15.6 Å². The molecule has 0 aromatic carbocycles. The summed E-state index contributed by atoms with van der Waals surface area (Å²) in [6, 6.07) is 4.01. The summed E-state index contributed by atoms with van der Waals surface area (Å²) in [6.07, 6.45) is 9.25. The zero-order valence-electron chi connectivity index (χ0n) is 14.2. The van der Waals surface area contributed by atoms with Crippen LogP contribution in [0, 0.1) is 0 Å². The fourth-order valence-electron chi connectivity index (χ4n) is 2.61. The van der Waals surface area contributed by atoms with Crippen LogP contribution in [0.4, 0.5) is 0 Å². The van der Waals surface area contributed by atoms with E-state index in [1.165, 1.54) is 19.3 Å². The lowest BCUT2D eigenvalue weighted by Crippen LogP contribution is -2.37. The van der Waals surface area contributed by atoms with Gasteiger partial charge in [-0.2, -0.15) is 0 Å². The molecule has 1 saturated carbocycles. The number of unbranched alkanes of at least 4 members (excludes halogenated alkanes) is 1. The first-order chi connectivity index (χ1) is 10.8. The first-order valence-corrected chi connectivity index (χ1v) is 8.38. The molecule has 6 heteroatoms. The van der Waals surface area contributed by atoms with Gasteiger partial charge in [-0.3, -0.25) is 4.99 Å². The summed E-state index contributed by atoms with van der Waals surface area (Å²) in [7, 11) is 1.79. The fraction of sp³-hybridized carbons (Fsp3) is 0.647. The van der Waals surface area contributed by atoms with Crippen LogP contribution in [0.3, 0.4) is 0 Å². The quantitative estimate of drug-likeness (QED) is 0.300. The summed E-state index contributed by atoms with van der Waals surface area (Å²) in [4.78, 5) is 8.64. The summed E-state index contributed by atoms with van der Waals surface area (Å²) in [5.74, 6) is 1.58. The van der Waals surface area contributed by atoms with Crippen LogP contribution in [0.1, 0.15) is 51.0 Å². The van der Waals surface area contributed by atoms with Gasteiger partial charge >= 0.3 is 0 Å². The molecule has 1 fully saturated rings. The number of nitrogens with one attached hydrogen (secondary N) is 2. The number of ether oxygens (including phenoxy) is 1. The van der Waals surface area contributed by atoms with Crippen molar-refractivity contribution in [2.45, 2.75) is 58.1 Å². The van der Waals surface area contributed by atoms with E-state index in [1.54, 1.807) is 13.2 Å². The van der Waals surface area contributed by atoms with Crippen LogP contribution >= 0.6 is 24.0 Å². The SMILES string of the molecule is CCCCNC(=NC)NCc1cccnc1OC1CCCC1.I. The number of rotatable bonds is 7. The third-order valence-electron chi connectivity index (χ3n) is 3.92. The second-order valence-corrected chi connectivity index (χ2v) is 5.70. The van der Waals surface area contributed by atoms with E-state index in [2.05, 4.69) is 33.6 Å². The Morgan fingerprint density at radius 3 is 2.83 bits per heavy atom. The summed E-state index contributed by atoms with van der Waals surface area (Å²) in [6.45, 7) is 3.79. The molecule has 0 saturated heterocycles. The zero-order valence-corrected chi connectivity index (χ0v) is 16.5. The Hall–Kier alpha value is -1.05. The second kappa shape index (κ2) is 11.5. The van der Waals surface area contributed by atoms with Crippen molar-refractivity contribution in [3.8, 4) is 5.88 Å². The molecule has 1 heterocycles. The number of aliphatic imine (C=N–C) groups is 1. The normalized spacial score (nSPS) is 15.1. The molecule has 2 rings (SSSR count). The largest absolute Gasteiger partial charge is 0.474 e. The Morgan fingerprint density at radius 1 is 1.35 bits per heavy atom. The van der Waals surface area contributed by atoms with Gasteiger partial charge in [0, 0.05) is 31.9 Å². The topological polar surface area (TPSA) is 58.5 Å². The molecule has 2 N–H and O–H groups in total. The number of hydrogen-bond donors (Lipinski definition) is 2. The van der Waals surface area contributed by atoms with E-state index < -0.39 is 0 Å². The third kappa shape index (κ3) is 6.93. The fourth-order valence-corrected chi connectivity index (χ4v) is 2.61. The average Bonchev–Trinajstić information content (AvgIpc) is 3.05. The van der Waals surface area contributed by atoms with Crippen molar-refractivity contribution in [2.75, 3.05) is 13.6 Å². The lowest BCUT2D eigenvalue weighted by atomic mass is 10.2. The minimum absolute atomic E-state index is 0. The van der Waals surface area contributed by atoms with E-state index >= 15 is 0 Å². The van der Waals surface area contributed by atoms with Crippen molar-refractivity contribution in [3.63, 3.8) is 0 Å². The van der Waals surface area contributed by atoms with Crippen LogP contribution < -0.4 is 15.4 Å². The average molecular weight is 432 g/mol. The molecule has 0 bridgehead atoms. The molecular formula is C17H29IN4O. The molecule has 0 radical (unpaired) electrons. The van der Waals surface area contributed by atoms with E-state index in [0.29, 0.717) is 12.6 Å². The summed E-state index contributed by atoms with van der Waals surface area (Å²) in [5.41, 5.74) is 1.08. The standard InChI is InChI=1S/C17H28N4O.HI/c1-3-4-11-20-17(18-2)21-13-14-8-7-12-19-16(14)22-15-9-5-6-10-15;/h7-8,12,15H,3-6,9-11,13H2,1-2H3,(H2,18,20,21);1H. The van der Waals surface area contributed by atoms with Gasteiger partial charge in [0.1, 0.15) is 6.10 Å². The molecule has 1 aromatic heterocycles. The van der Waals surface area contributed by atoms with Crippen LogP contribution in [0.5, 0.6) is 5.88 Å². The molecule has 0 atom stereocenters. The minimum Gasteiger partial charge on any atom is -0.474 e. The van der Waals surface area contributed by atoms with E-state index in [9.17, 15) is 0 Å². The van der Waals surface area contributed by atoms with Crippen molar-refractivity contribution >= 4 is 29.9 Å². The molecule has 130 valence electrons. The van der Waals surface area contributed by atoms with Gasteiger partial charge < -0.3 is 15.4 Å². The molecule has 1 aliphatic carbocycles. The monoisotopic (exact) mass is 432 g/mol. The van der Waals surface area contributed by atoms with Crippen molar-refractivity contribution in [2.24, 2.45) is 4.99 Å². The van der Waals surface area contributed by atoms with Gasteiger partial charge in [-0.25, -0.2) is 4.98 Å². The van der Waals surface area contributed by atoms with Gasteiger partial charge in [0.05, 0.1) is 0 Å². The number of aromatic nitrogens is 1. The first-order valence-electron chi connectivity index (χ1n) is 8.38. The van der Waals surface area contributed by atoms with Crippen LogP contribution in [0.15, 0.2) is 23.3 Å². The molecular weight excluding hydrogens is 403 g/mol. The first kappa shape index (κ1) is 20.0. The lowest BCUT2D eigenvalue weighted by Gasteiger charge is -2.16. The van der Waals surface area contributed by atoms with Crippen LogP contribution in [0.25, 0.3) is 0 Å². The van der Waals surface area contributed by atoms with Gasteiger partial charge in [-0.1, -0.05) is 19.4 Å². The second-order valence-electron chi connectivity index (χ2n) is 5.70. The van der Waals surface area contributed by atoms with Crippen molar-refractivity contribution < 1.29 is 4.74 Å². The Bertz CT molecular complexity index is 475. The predicted molar refractivity (Wildman–Crippen MR) is 106 cm³/mol. The Morgan fingerprint density at radius 2 is 2.13 bits per heavy atom. The van der Waals surface area contributed by atoms with Gasteiger partial charge in [-0.15, -0.1) is 24.0 Å². The van der Waals surface area contributed by atoms with E-state index in [-0.39, 0.29) is 24.0 Å². The highest BCUT2D eigenvalue weighted by atomic mass is 127. The smallest absolute Gasteiger partial charge is 0.218 e. The van der Waals surface area contributed by atoms with Gasteiger partial charge in [0.15, 0.2) is 5.96 Å². The number of guanidine groups is 1. The van der Waals surface area contributed by atoms with Crippen LogP contribution in [-0.2, 0) is 6.54 Å². The van der Waals surface area contributed by atoms with E-state index in [0.717, 1.165) is 43.2 Å². The summed E-state index contributed by atoms with van der Waals surface area (Å²) < 4.78 is 6.06. The third-order valence-corrected chi connectivity index (χ3v) is 3.92. The molecule has 0 unspecified atom stereocenters. The van der Waals surface area contributed by atoms with Crippen molar-refractivity contribution in [1.29, 1.82) is 0 Å². The Labute approximate surface area is 156 Å². The molecule has 0 amide bonds. The van der Waals surface area contributed by atoms with E-state index in [1.807, 2.05) is 6.07 Å². The lowest BCUT2D eigenvalue weighted by molar-refractivity contribution is 0.199. The highest BCUT2D eigenvalue weighted by Crippen LogP contribution is 2.24. The molecule has 1 aliphatic rings. The van der Waals surface area contributed by atoms with Gasteiger partial charge in [0.25, 0.3) is 0 Å².